The quantitative estimate of drug-likeness (QED) is 0.876. The zero-order valence-electron chi connectivity index (χ0n) is 14.9. The molecule has 2 aromatic rings. The van der Waals surface area contributed by atoms with Crippen molar-refractivity contribution in [1.29, 1.82) is 0 Å². The van der Waals surface area contributed by atoms with Gasteiger partial charge in [-0.05, 0) is 30.5 Å². The van der Waals surface area contributed by atoms with Crippen molar-refractivity contribution in [3.05, 3.63) is 39.8 Å². The van der Waals surface area contributed by atoms with E-state index in [9.17, 15) is 4.79 Å². The molecule has 0 saturated carbocycles. The summed E-state index contributed by atoms with van der Waals surface area (Å²) in [5.41, 5.74) is 1.47. The first kappa shape index (κ1) is 17.7. The van der Waals surface area contributed by atoms with Crippen molar-refractivity contribution < 1.29 is 14.3 Å². The van der Waals surface area contributed by atoms with Gasteiger partial charge in [-0.2, -0.15) is 0 Å². The van der Waals surface area contributed by atoms with Gasteiger partial charge < -0.3 is 14.8 Å². The normalized spacial score (nSPS) is 14.9. The molecule has 5 nitrogen and oxygen atoms in total. The number of thiazole rings is 1. The summed E-state index contributed by atoms with van der Waals surface area (Å²) >= 11 is 1.54. The van der Waals surface area contributed by atoms with Crippen LogP contribution in [0.25, 0.3) is 0 Å². The van der Waals surface area contributed by atoms with Crippen molar-refractivity contribution in [3.63, 3.8) is 0 Å². The maximum Gasteiger partial charge on any atom is 0.271 e. The second-order valence-electron chi connectivity index (χ2n) is 6.68. The molecule has 6 heteroatoms. The van der Waals surface area contributed by atoms with Crippen LogP contribution in [0.2, 0.25) is 0 Å². The number of aromatic nitrogens is 1. The number of carbonyl (C=O) groups excluding carboxylic acids is 1. The molecule has 0 aliphatic carbocycles. The highest BCUT2D eigenvalue weighted by Gasteiger charge is 2.17. The largest absolute Gasteiger partial charge is 0.490 e. The van der Waals surface area contributed by atoms with Gasteiger partial charge >= 0.3 is 0 Å². The van der Waals surface area contributed by atoms with Crippen molar-refractivity contribution in [2.45, 2.75) is 39.7 Å². The van der Waals surface area contributed by atoms with Gasteiger partial charge in [0.15, 0.2) is 11.5 Å². The fourth-order valence-electron chi connectivity index (χ4n) is 2.66. The van der Waals surface area contributed by atoms with Gasteiger partial charge in [-0.15, -0.1) is 11.3 Å². The minimum absolute atomic E-state index is 0.139. The lowest BCUT2D eigenvalue weighted by Gasteiger charge is -2.16. The van der Waals surface area contributed by atoms with Gasteiger partial charge in [0.25, 0.3) is 5.91 Å². The fraction of sp³-hybridized carbons (Fsp3) is 0.474. The van der Waals surface area contributed by atoms with Crippen molar-refractivity contribution in [3.8, 4) is 11.5 Å². The summed E-state index contributed by atoms with van der Waals surface area (Å²) in [6.45, 7) is 7.56. The Morgan fingerprint density at radius 3 is 2.76 bits per heavy atom. The smallest absolute Gasteiger partial charge is 0.271 e. The van der Waals surface area contributed by atoms with Crippen LogP contribution in [0.15, 0.2) is 23.6 Å². The summed E-state index contributed by atoms with van der Waals surface area (Å²) < 4.78 is 11.4. The highest BCUT2D eigenvalue weighted by atomic mass is 32.1. The number of nitrogens with one attached hydrogen (secondary N) is 1. The Morgan fingerprint density at radius 2 is 2.00 bits per heavy atom. The number of rotatable bonds is 5. The standard InChI is InChI=1S/C19H24N2O3S/c1-12(2)9-18-21-15(11-25-18)19(22)20-13(3)14-5-6-16-17(10-14)24-8-4-7-23-16/h5-6,10-13H,4,7-9H2,1-3H3,(H,20,22)/t13-/m1/s1. The average molecular weight is 360 g/mol. The third-order valence-electron chi connectivity index (χ3n) is 3.99. The Kier molecular flexibility index (Phi) is 5.58. The minimum atomic E-state index is -0.147. The minimum Gasteiger partial charge on any atom is -0.490 e. The molecule has 0 bridgehead atoms. The third kappa shape index (κ3) is 4.51. The van der Waals surface area contributed by atoms with Crippen molar-refractivity contribution in [2.24, 2.45) is 5.92 Å². The van der Waals surface area contributed by atoms with E-state index in [0.29, 0.717) is 24.8 Å². The van der Waals surface area contributed by atoms with Gasteiger partial charge in [0, 0.05) is 18.2 Å². The molecule has 1 atom stereocenters. The molecule has 0 fully saturated rings. The lowest BCUT2D eigenvalue weighted by atomic mass is 10.1. The van der Waals surface area contributed by atoms with Crippen molar-refractivity contribution >= 4 is 17.2 Å². The molecule has 1 aliphatic rings. The fourth-order valence-corrected chi connectivity index (χ4v) is 3.65. The van der Waals surface area contributed by atoms with Gasteiger partial charge in [-0.3, -0.25) is 4.79 Å². The molecule has 134 valence electrons. The van der Waals surface area contributed by atoms with E-state index >= 15 is 0 Å². The third-order valence-corrected chi connectivity index (χ3v) is 4.86. The highest BCUT2D eigenvalue weighted by molar-refractivity contribution is 7.09. The summed E-state index contributed by atoms with van der Waals surface area (Å²) in [5.74, 6) is 1.88. The molecular weight excluding hydrogens is 336 g/mol. The van der Waals surface area contributed by atoms with Crippen LogP contribution in [0.1, 0.15) is 54.3 Å². The number of hydrogen-bond donors (Lipinski definition) is 1. The van der Waals surface area contributed by atoms with Crippen molar-refractivity contribution in [1.82, 2.24) is 10.3 Å². The van der Waals surface area contributed by atoms with Gasteiger partial charge in [0.1, 0.15) is 5.69 Å². The predicted octanol–water partition coefficient (Wildman–Crippen LogP) is 3.99. The molecule has 0 saturated heterocycles. The molecular formula is C19H24N2O3S. The lowest BCUT2D eigenvalue weighted by Crippen LogP contribution is -2.27. The van der Waals surface area contributed by atoms with Crippen LogP contribution in [-0.4, -0.2) is 24.1 Å². The van der Waals surface area contributed by atoms with Crippen LogP contribution < -0.4 is 14.8 Å². The molecule has 1 N–H and O–H groups in total. The topological polar surface area (TPSA) is 60.5 Å². The predicted molar refractivity (Wildman–Crippen MR) is 98.6 cm³/mol. The number of amides is 1. The average Bonchev–Trinajstić information content (AvgIpc) is 2.90. The van der Waals surface area contributed by atoms with E-state index in [1.165, 1.54) is 0 Å². The summed E-state index contributed by atoms with van der Waals surface area (Å²) in [6, 6.07) is 5.67. The molecule has 1 aliphatic heterocycles. The van der Waals surface area contributed by atoms with Crippen LogP contribution in [0, 0.1) is 5.92 Å². The van der Waals surface area contributed by atoms with E-state index in [4.69, 9.17) is 9.47 Å². The monoisotopic (exact) mass is 360 g/mol. The summed E-state index contributed by atoms with van der Waals surface area (Å²) in [5, 5.41) is 5.84. The Labute approximate surface area is 152 Å². The highest BCUT2D eigenvalue weighted by Crippen LogP contribution is 2.32. The molecule has 0 spiro atoms. The molecule has 1 amide bonds. The number of nitrogens with zero attached hydrogens (tertiary/aromatic N) is 1. The second-order valence-corrected chi connectivity index (χ2v) is 7.62. The number of ether oxygens (including phenoxy) is 2. The van der Waals surface area contributed by atoms with E-state index in [2.05, 4.69) is 24.1 Å². The van der Waals surface area contributed by atoms with Crippen LogP contribution >= 0.6 is 11.3 Å². The van der Waals surface area contributed by atoms with E-state index in [-0.39, 0.29) is 11.9 Å². The summed E-state index contributed by atoms with van der Waals surface area (Å²) in [6.07, 6.45) is 1.77. The van der Waals surface area contributed by atoms with Crippen molar-refractivity contribution in [2.75, 3.05) is 13.2 Å². The maximum atomic E-state index is 12.4. The number of benzene rings is 1. The zero-order chi connectivity index (χ0) is 17.8. The van der Waals surface area contributed by atoms with Gasteiger partial charge in [-0.1, -0.05) is 19.9 Å². The van der Waals surface area contributed by atoms with Gasteiger partial charge in [-0.25, -0.2) is 4.98 Å². The summed E-state index contributed by atoms with van der Waals surface area (Å²) in [7, 11) is 0. The zero-order valence-corrected chi connectivity index (χ0v) is 15.7. The Hall–Kier alpha value is -2.08. The SMILES string of the molecule is CC(C)Cc1nc(C(=O)N[C@H](C)c2ccc3c(c2)OCCCO3)cs1. The van der Waals surface area contributed by atoms with E-state index in [1.807, 2.05) is 30.5 Å². The molecule has 3 rings (SSSR count). The Bertz CT molecular complexity index is 742. The Balaban J connectivity index is 1.67. The van der Waals surface area contributed by atoms with E-state index < -0.39 is 0 Å². The maximum absolute atomic E-state index is 12.4. The van der Waals surface area contributed by atoms with Gasteiger partial charge in [0.05, 0.1) is 24.3 Å². The lowest BCUT2D eigenvalue weighted by molar-refractivity contribution is 0.0935. The number of fused-ring (bicyclic) bond motifs is 1. The summed E-state index contributed by atoms with van der Waals surface area (Å²) in [4.78, 5) is 16.9. The van der Waals surface area contributed by atoms with Gasteiger partial charge in [0.2, 0.25) is 0 Å². The number of hydrogen-bond acceptors (Lipinski definition) is 5. The molecule has 1 aromatic heterocycles. The van der Waals surface area contributed by atoms with E-state index in [1.54, 1.807) is 11.3 Å². The molecule has 2 heterocycles. The van der Waals surface area contributed by atoms with Crippen LogP contribution in [-0.2, 0) is 6.42 Å². The van der Waals surface area contributed by atoms with Crippen LogP contribution in [0.5, 0.6) is 11.5 Å². The first-order chi connectivity index (χ1) is 12.0. The molecule has 0 radical (unpaired) electrons. The Morgan fingerprint density at radius 1 is 1.24 bits per heavy atom. The van der Waals surface area contributed by atoms with Crippen LogP contribution in [0.4, 0.5) is 0 Å². The molecule has 0 unspecified atom stereocenters. The van der Waals surface area contributed by atoms with Crippen LogP contribution in [0.3, 0.4) is 0 Å². The number of carbonyl (C=O) groups is 1. The van der Waals surface area contributed by atoms with E-state index in [0.717, 1.165) is 34.9 Å². The molecule has 25 heavy (non-hydrogen) atoms. The second kappa shape index (κ2) is 7.87. The first-order valence-corrected chi connectivity index (χ1v) is 9.55. The molecule has 1 aromatic carbocycles. The first-order valence-electron chi connectivity index (χ1n) is 8.67.